The molecule has 138 valence electrons. The van der Waals surface area contributed by atoms with Crippen LogP contribution >= 0.6 is 0 Å². The minimum absolute atomic E-state index is 0.0523. The van der Waals surface area contributed by atoms with E-state index in [0.717, 1.165) is 5.56 Å². The predicted octanol–water partition coefficient (Wildman–Crippen LogP) is 3.71. The van der Waals surface area contributed by atoms with Gasteiger partial charge in [-0.05, 0) is 47.9 Å². The van der Waals surface area contributed by atoms with Gasteiger partial charge in [0.25, 0.3) is 0 Å². The van der Waals surface area contributed by atoms with Crippen LogP contribution in [0.5, 0.6) is 0 Å². The van der Waals surface area contributed by atoms with E-state index >= 15 is 0 Å². The van der Waals surface area contributed by atoms with E-state index in [9.17, 15) is 14.0 Å². The minimum atomic E-state index is -0.281. The Kier molecular flexibility index (Phi) is 6.86. The lowest BCUT2D eigenvalue weighted by molar-refractivity contribution is -0.116. The largest absolute Gasteiger partial charge is 0.326 e. The summed E-state index contributed by atoms with van der Waals surface area (Å²) in [6, 6.07) is 13.1. The van der Waals surface area contributed by atoms with Crippen LogP contribution in [-0.2, 0) is 9.59 Å². The summed E-state index contributed by atoms with van der Waals surface area (Å²) in [6.07, 6.45) is 0. The molecule has 0 aliphatic rings. The first kappa shape index (κ1) is 19.6. The topological polar surface area (TPSA) is 70.2 Å². The van der Waals surface area contributed by atoms with E-state index in [4.69, 9.17) is 0 Å². The van der Waals surface area contributed by atoms with Gasteiger partial charge in [0, 0.05) is 24.3 Å². The molecule has 0 aliphatic carbocycles. The third-order valence-corrected chi connectivity index (χ3v) is 3.87. The Bertz CT molecular complexity index is 743. The maximum absolute atomic E-state index is 13.1. The fourth-order valence-electron chi connectivity index (χ4n) is 2.66. The van der Waals surface area contributed by atoms with Gasteiger partial charge in [-0.1, -0.05) is 26.0 Å². The Hall–Kier alpha value is -2.73. The van der Waals surface area contributed by atoms with Crippen molar-refractivity contribution in [2.24, 2.45) is 5.92 Å². The third-order valence-electron chi connectivity index (χ3n) is 3.87. The van der Waals surface area contributed by atoms with Gasteiger partial charge < -0.3 is 16.0 Å². The van der Waals surface area contributed by atoms with Crippen LogP contribution in [0.1, 0.15) is 32.4 Å². The molecular formula is C20H24FN3O2. The number of benzene rings is 2. The molecule has 0 aliphatic heterocycles. The average molecular weight is 357 g/mol. The van der Waals surface area contributed by atoms with Crippen molar-refractivity contribution in [3.05, 3.63) is 59.9 Å². The second-order valence-electron chi connectivity index (χ2n) is 6.46. The zero-order valence-corrected chi connectivity index (χ0v) is 15.2. The van der Waals surface area contributed by atoms with Crippen LogP contribution in [0.25, 0.3) is 0 Å². The summed E-state index contributed by atoms with van der Waals surface area (Å²) in [5.41, 5.74) is 2.26. The molecule has 2 aromatic carbocycles. The van der Waals surface area contributed by atoms with Crippen molar-refractivity contribution in [2.45, 2.75) is 26.8 Å². The van der Waals surface area contributed by atoms with Gasteiger partial charge in [-0.25, -0.2) is 4.39 Å². The highest BCUT2D eigenvalue weighted by Crippen LogP contribution is 2.21. The second kappa shape index (κ2) is 9.10. The van der Waals surface area contributed by atoms with E-state index in [0.29, 0.717) is 11.4 Å². The van der Waals surface area contributed by atoms with Crippen molar-refractivity contribution in [3.63, 3.8) is 0 Å². The number of nitrogens with one attached hydrogen (secondary N) is 3. The number of anilines is 2. The van der Waals surface area contributed by atoms with Gasteiger partial charge >= 0.3 is 0 Å². The number of hydrogen-bond acceptors (Lipinski definition) is 3. The van der Waals surface area contributed by atoms with Gasteiger partial charge in [0.2, 0.25) is 11.8 Å². The summed E-state index contributed by atoms with van der Waals surface area (Å²) in [5, 5.41) is 8.69. The molecule has 1 atom stereocenters. The van der Waals surface area contributed by atoms with Gasteiger partial charge in [0.15, 0.2) is 0 Å². The predicted molar refractivity (Wildman–Crippen MR) is 101 cm³/mol. The van der Waals surface area contributed by atoms with Gasteiger partial charge in [-0.2, -0.15) is 0 Å². The van der Waals surface area contributed by atoms with Crippen molar-refractivity contribution < 1.29 is 14.0 Å². The summed E-state index contributed by atoms with van der Waals surface area (Å²) >= 11 is 0. The zero-order valence-electron chi connectivity index (χ0n) is 15.2. The molecule has 0 fully saturated rings. The van der Waals surface area contributed by atoms with Gasteiger partial charge in [-0.3, -0.25) is 9.59 Å². The number of amides is 2. The van der Waals surface area contributed by atoms with Crippen LogP contribution < -0.4 is 16.0 Å². The van der Waals surface area contributed by atoms with Crippen LogP contribution in [0.15, 0.2) is 48.5 Å². The monoisotopic (exact) mass is 357 g/mol. The van der Waals surface area contributed by atoms with E-state index < -0.39 is 0 Å². The molecular weight excluding hydrogens is 333 g/mol. The molecule has 0 saturated heterocycles. The summed E-state index contributed by atoms with van der Waals surface area (Å²) < 4.78 is 13.1. The SMILES string of the molecule is CC(=O)Nc1ccc(NC(=O)CN[C@H](c2ccc(F)cc2)C(C)C)cc1. The molecule has 0 bridgehead atoms. The van der Waals surface area contributed by atoms with Crippen molar-refractivity contribution in [1.82, 2.24) is 5.32 Å². The molecule has 26 heavy (non-hydrogen) atoms. The van der Waals surface area contributed by atoms with Crippen molar-refractivity contribution >= 4 is 23.2 Å². The summed E-state index contributed by atoms with van der Waals surface area (Å²) in [6.45, 7) is 5.65. The maximum atomic E-state index is 13.1. The Labute approximate surface area is 153 Å². The maximum Gasteiger partial charge on any atom is 0.238 e. The first-order chi connectivity index (χ1) is 12.3. The van der Waals surface area contributed by atoms with Gasteiger partial charge in [0.1, 0.15) is 5.82 Å². The molecule has 3 N–H and O–H groups in total. The fourth-order valence-corrected chi connectivity index (χ4v) is 2.66. The highest BCUT2D eigenvalue weighted by molar-refractivity contribution is 5.93. The van der Waals surface area contributed by atoms with Crippen LogP contribution in [0, 0.1) is 11.7 Å². The van der Waals surface area contributed by atoms with E-state index in [1.54, 1.807) is 36.4 Å². The quantitative estimate of drug-likeness (QED) is 0.707. The minimum Gasteiger partial charge on any atom is -0.326 e. The molecule has 2 amide bonds. The Balaban J connectivity index is 1.91. The Morgan fingerprint density at radius 2 is 1.46 bits per heavy atom. The van der Waals surface area contributed by atoms with Crippen LogP contribution in [-0.4, -0.2) is 18.4 Å². The molecule has 2 rings (SSSR count). The highest BCUT2D eigenvalue weighted by Gasteiger charge is 2.16. The van der Waals surface area contributed by atoms with E-state index in [1.807, 2.05) is 13.8 Å². The van der Waals surface area contributed by atoms with Crippen LogP contribution in [0.4, 0.5) is 15.8 Å². The number of carbonyl (C=O) groups is 2. The summed E-state index contributed by atoms with van der Waals surface area (Å²) in [5.74, 6) is -0.363. The van der Waals surface area contributed by atoms with Gasteiger partial charge in [0.05, 0.1) is 6.54 Å². The molecule has 0 heterocycles. The summed E-state index contributed by atoms with van der Waals surface area (Å²) in [4.78, 5) is 23.2. The number of rotatable bonds is 7. The number of halogens is 1. The lowest BCUT2D eigenvalue weighted by Crippen LogP contribution is -2.33. The van der Waals surface area contributed by atoms with E-state index in [-0.39, 0.29) is 36.1 Å². The molecule has 6 heteroatoms. The normalized spacial score (nSPS) is 11.9. The molecule has 2 aromatic rings. The number of carbonyl (C=O) groups excluding carboxylic acids is 2. The Morgan fingerprint density at radius 1 is 0.923 bits per heavy atom. The smallest absolute Gasteiger partial charge is 0.238 e. The molecule has 5 nitrogen and oxygen atoms in total. The lowest BCUT2D eigenvalue weighted by Gasteiger charge is -2.22. The molecule has 0 aromatic heterocycles. The first-order valence-corrected chi connectivity index (χ1v) is 8.51. The zero-order chi connectivity index (χ0) is 19.1. The first-order valence-electron chi connectivity index (χ1n) is 8.51. The van der Waals surface area contributed by atoms with E-state index in [1.165, 1.54) is 19.1 Å². The lowest BCUT2D eigenvalue weighted by atomic mass is 9.96. The van der Waals surface area contributed by atoms with Crippen molar-refractivity contribution in [2.75, 3.05) is 17.2 Å². The molecule has 0 spiro atoms. The Morgan fingerprint density at radius 3 is 1.96 bits per heavy atom. The highest BCUT2D eigenvalue weighted by atomic mass is 19.1. The molecule has 0 saturated carbocycles. The van der Waals surface area contributed by atoms with E-state index in [2.05, 4.69) is 16.0 Å². The van der Waals surface area contributed by atoms with Crippen LogP contribution in [0.3, 0.4) is 0 Å². The van der Waals surface area contributed by atoms with Crippen molar-refractivity contribution in [1.29, 1.82) is 0 Å². The molecule has 0 unspecified atom stereocenters. The standard InChI is InChI=1S/C20H24FN3O2/c1-13(2)20(15-4-6-16(21)7-5-15)22-12-19(26)24-18-10-8-17(9-11-18)23-14(3)25/h4-11,13,20,22H,12H2,1-3H3,(H,23,25)(H,24,26)/t20-/m0/s1. The number of hydrogen-bond donors (Lipinski definition) is 3. The molecule has 0 radical (unpaired) electrons. The van der Waals surface area contributed by atoms with Gasteiger partial charge in [-0.15, -0.1) is 0 Å². The average Bonchev–Trinajstić information content (AvgIpc) is 2.57. The summed E-state index contributed by atoms with van der Waals surface area (Å²) in [7, 11) is 0. The fraction of sp³-hybridized carbons (Fsp3) is 0.300. The third kappa shape index (κ3) is 5.97. The van der Waals surface area contributed by atoms with Crippen molar-refractivity contribution in [3.8, 4) is 0 Å². The van der Waals surface area contributed by atoms with Crippen LogP contribution in [0.2, 0.25) is 0 Å². The second-order valence-corrected chi connectivity index (χ2v) is 6.46.